The van der Waals surface area contributed by atoms with Crippen LogP contribution >= 0.6 is 0 Å². The molecule has 1 fully saturated rings. The van der Waals surface area contributed by atoms with Gasteiger partial charge >= 0.3 is 11.9 Å². The van der Waals surface area contributed by atoms with Gasteiger partial charge in [-0.3, -0.25) is 24.0 Å². The zero-order valence-electron chi connectivity index (χ0n) is 19.5. The lowest BCUT2D eigenvalue weighted by Gasteiger charge is -2.30. The van der Waals surface area contributed by atoms with Crippen LogP contribution in [0.5, 0.6) is 0 Å². The molecule has 1 rings (SSSR count). The maximum absolute atomic E-state index is 13.2. The SMILES string of the molecule is CCC(C)C(NC(=O)C1CCCN1C(=O)C(CCC(=O)O)NC(=O)C(N)CCC(N)=O)C(=O)O. The number of nitrogens with two attached hydrogens (primary N) is 2. The van der Waals surface area contributed by atoms with E-state index < -0.39 is 66.2 Å². The molecule has 1 aliphatic heterocycles. The van der Waals surface area contributed by atoms with E-state index >= 15 is 0 Å². The van der Waals surface area contributed by atoms with Crippen LogP contribution in [0.4, 0.5) is 0 Å². The van der Waals surface area contributed by atoms with E-state index in [2.05, 4.69) is 10.6 Å². The first kappa shape index (κ1) is 28.8. The van der Waals surface area contributed by atoms with Crippen LogP contribution in [0.15, 0.2) is 0 Å². The van der Waals surface area contributed by atoms with Crippen LogP contribution < -0.4 is 22.1 Å². The molecule has 13 heteroatoms. The molecule has 1 aliphatic rings. The summed E-state index contributed by atoms with van der Waals surface area (Å²) in [5.74, 6) is -5.40. The van der Waals surface area contributed by atoms with Crippen LogP contribution in [0, 0.1) is 5.92 Å². The highest BCUT2D eigenvalue weighted by Crippen LogP contribution is 2.21. The maximum Gasteiger partial charge on any atom is 0.326 e. The predicted octanol–water partition coefficient (Wildman–Crippen LogP) is -1.46. The van der Waals surface area contributed by atoms with Gasteiger partial charge in [-0.25, -0.2) is 4.79 Å². The quantitative estimate of drug-likeness (QED) is 0.169. The van der Waals surface area contributed by atoms with Crippen LogP contribution in [-0.2, 0) is 28.8 Å². The molecule has 1 saturated heterocycles. The van der Waals surface area contributed by atoms with Crippen molar-refractivity contribution >= 4 is 35.6 Å². The van der Waals surface area contributed by atoms with Gasteiger partial charge in [0.25, 0.3) is 0 Å². The number of rotatable bonds is 14. The Morgan fingerprint density at radius 3 is 2.24 bits per heavy atom. The zero-order chi connectivity index (χ0) is 26.0. The first-order chi connectivity index (χ1) is 15.9. The van der Waals surface area contributed by atoms with E-state index in [1.165, 1.54) is 4.90 Å². The molecule has 5 unspecified atom stereocenters. The lowest BCUT2D eigenvalue weighted by molar-refractivity contribution is -0.146. The van der Waals surface area contributed by atoms with Gasteiger partial charge in [-0.15, -0.1) is 0 Å². The number of hydrogen-bond acceptors (Lipinski definition) is 7. The number of carboxylic acid groups (broad SMARTS) is 2. The Hall–Kier alpha value is -3.22. The summed E-state index contributed by atoms with van der Waals surface area (Å²) < 4.78 is 0. The van der Waals surface area contributed by atoms with E-state index in [0.29, 0.717) is 19.3 Å². The van der Waals surface area contributed by atoms with Crippen molar-refractivity contribution in [2.45, 2.75) is 83.0 Å². The second-order valence-corrected chi connectivity index (χ2v) is 8.50. The van der Waals surface area contributed by atoms with Crippen LogP contribution in [0.3, 0.4) is 0 Å². The first-order valence-electron chi connectivity index (χ1n) is 11.3. The van der Waals surface area contributed by atoms with Crippen molar-refractivity contribution in [1.82, 2.24) is 15.5 Å². The number of aliphatic carboxylic acids is 2. The van der Waals surface area contributed by atoms with E-state index in [1.54, 1.807) is 13.8 Å². The number of hydrogen-bond donors (Lipinski definition) is 6. The molecule has 0 aliphatic carbocycles. The molecule has 4 amide bonds. The van der Waals surface area contributed by atoms with Crippen molar-refractivity contribution in [3.05, 3.63) is 0 Å². The Morgan fingerprint density at radius 1 is 1.06 bits per heavy atom. The van der Waals surface area contributed by atoms with Gasteiger partial charge in [0.05, 0.1) is 6.04 Å². The van der Waals surface area contributed by atoms with Crippen molar-refractivity contribution in [1.29, 1.82) is 0 Å². The average Bonchev–Trinajstić information content (AvgIpc) is 3.26. The van der Waals surface area contributed by atoms with Crippen LogP contribution in [0.25, 0.3) is 0 Å². The minimum atomic E-state index is -1.26. The topological polar surface area (TPSA) is 222 Å². The molecular formula is C21H35N5O8. The lowest BCUT2D eigenvalue weighted by atomic mass is 9.98. The lowest BCUT2D eigenvalue weighted by Crippen LogP contribution is -2.57. The Labute approximate surface area is 197 Å². The minimum absolute atomic E-state index is 0.0536. The molecule has 0 saturated carbocycles. The minimum Gasteiger partial charge on any atom is -0.481 e. The van der Waals surface area contributed by atoms with Gasteiger partial charge < -0.3 is 37.2 Å². The third-order valence-corrected chi connectivity index (χ3v) is 5.92. The van der Waals surface area contributed by atoms with Gasteiger partial charge in [-0.1, -0.05) is 20.3 Å². The molecule has 0 radical (unpaired) electrons. The summed E-state index contributed by atoms with van der Waals surface area (Å²) in [4.78, 5) is 73.3. The highest BCUT2D eigenvalue weighted by molar-refractivity contribution is 5.94. The fourth-order valence-corrected chi connectivity index (χ4v) is 3.67. The molecule has 0 aromatic heterocycles. The maximum atomic E-state index is 13.2. The van der Waals surface area contributed by atoms with Gasteiger partial charge in [0.15, 0.2) is 0 Å². The van der Waals surface area contributed by atoms with Gasteiger partial charge in [-0.05, 0) is 31.6 Å². The van der Waals surface area contributed by atoms with E-state index in [-0.39, 0.29) is 31.7 Å². The number of carbonyl (C=O) groups is 6. The summed E-state index contributed by atoms with van der Waals surface area (Å²) in [6.07, 6.45) is 0.430. The van der Waals surface area contributed by atoms with Crippen LogP contribution in [0.2, 0.25) is 0 Å². The molecule has 1 heterocycles. The number of carbonyl (C=O) groups excluding carboxylic acids is 4. The van der Waals surface area contributed by atoms with Gasteiger partial charge in [0.2, 0.25) is 23.6 Å². The average molecular weight is 486 g/mol. The predicted molar refractivity (Wildman–Crippen MR) is 119 cm³/mol. The molecule has 8 N–H and O–H groups in total. The third-order valence-electron chi connectivity index (χ3n) is 5.92. The first-order valence-corrected chi connectivity index (χ1v) is 11.3. The van der Waals surface area contributed by atoms with Crippen molar-refractivity contribution < 1.29 is 39.0 Å². The fourth-order valence-electron chi connectivity index (χ4n) is 3.67. The van der Waals surface area contributed by atoms with Crippen molar-refractivity contribution in [3.63, 3.8) is 0 Å². The summed E-state index contributed by atoms with van der Waals surface area (Å²) in [5.41, 5.74) is 10.8. The summed E-state index contributed by atoms with van der Waals surface area (Å²) in [6, 6.07) is -4.48. The molecule has 0 aromatic carbocycles. The highest BCUT2D eigenvalue weighted by Gasteiger charge is 2.39. The van der Waals surface area contributed by atoms with Gasteiger partial charge in [0.1, 0.15) is 18.1 Å². The van der Waals surface area contributed by atoms with E-state index in [4.69, 9.17) is 16.6 Å². The Balaban J connectivity index is 2.98. The smallest absolute Gasteiger partial charge is 0.326 e. The normalized spacial score (nSPS) is 18.9. The Kier molecular flexibility index (Phi) is 11.4. The summed E-state index contributed by atoms with van der Waals surface area (Å²) in [6.45, 7) is 3.67. The molecular weight excluding hydrogens is 450 g/mol. The van der Waals surface area contributed by atoms with Crippen molar-refractivity contribution in [3.8, 4) is 0 Å². The van der Waals surface area contributed by atoms with Gasteiger partial charge in [0, 0.05) is 19.4 Å². The van der Waals surface area contributed by atoms with Crippen LogP contribution in [0.1, 0.15) is 58.8 Å². The molecule has 0 spiro atoms. The van der Waals surface area contributed by atoms with Crippen molar-refractivity contribution in [2.24, 2.45) is 17.4 Å². The number of nitrogens with one attached hydrogen (secondary N) is 2. The molecule has 192 valence electrons. The summed E-state index contributed by atoms with van der Waals surface area (Å²) in [7, 11) is 0. The second-order valence-electron chi connectivity index (χ2n) is 8.50. The number of primary amides is 1. The second kappa shape index (κ2) is 13.5. The summed E-state index contributed by atoms with van der Waals surface area (Å²) in [5, 5.41) is 23.4. The molecule has 34 heavy (non-hydrogen) atoms. The number of amides is 4. The number of likely N-dealkylation sites (tertiary alicyclic amines) is 1. The monoisotopic (exact) mass is 485 g/mol. The Bertz CT molecular complexity index is 789. The molecule has 0 bridgehead atoms. The van der Waals surface area contributed by atoms with Gasteiger partial charge in [-0.2, -0.15) is 0 Å². The fraction of sp³-hybridized carbons (Fsp3) is 0.714. The molecule has 0 aromatic rings. The number of carboxylic acids is 2. The number of nitrogens with zero attached hydrogens (tertiary/aromatic N) is 1. The highest BCUT2D eigenvalue weighted by atomic mass is 16.4. The summed E-state index contributed by atoms with van der Waals surface area (Å²) >= 11 is 0. The van der Waals surface area contributed by atoms with E-state index in [0.717, 1.165) is 0 Å². The standard InChI is InChI=1S/C21H35N5O8/c1-3-11(2)17(21(33)34)25-19(31)14-5-4-10-26(14)20(32)13(7-9-16(28)29)24-18(30)12(22)6-8-15(23)27/h11-14,17H,3-10,22H2,1-2H3,(H2,23,27)(H,24,30)(H,25,31)(H,28,29)(H,33,34). The molecule has 5 atom stereocenters. The Morgan fingerprint density at radius 2 is 1.71 bits per heavy atom. The van der Waals surface area contributed by atoms with E-state index in [1.807, 2.05) is 0 Å². The van der Waals surface area contributed by atoms with Crippen molar-refractivity contribution in [2.75, 3.05) is 6.54 Å². The largest absolute Gasteiger partial charge is 0.481 e. The molecule has 13 nitrogen and oxygen atoms in total. The third kappa shape index (κ3) is 8.61. The van der Waals surface area contributed by atoms with E-state index in [9.17, 15) is 33.9 Å². The zero-order valence-corrected chi connectivity index (χ0v) is 19.5. The van der Waals surface area contributed by atoms with Crippen LogP contribution in [-0.4, -0.2) is 81.4 Å².